The maximum absolute atomic E-state index is 11.9. The second kappa shape index (κ2) is 8.80. The van der Waals surface area contributed by atoms with E-state index in [1.807, 2.05) is 55.5 Å². The summed E-state index contributed by atoms with van der Waals surface area (Å²) < 4.78 is 10.4. The van der Waals surface area contributed by atoms with E-state index in [0.717, 1.165) is 22.7 Å². The van der Waals surface area contributed by atoms with E-state index in [1.54, 1.807) is 7.11 Å². The van der Waals surface area contributed by atoms with Crippen LogP contribution in [0.2, 0.25) is 0 Å². The number of methoxy groups -OCH3 is 1. The highest BCUT2D eigenvalue weighted by Crippen LogP contribution is 2.15. The van der Waals surface area contributed by atoms with E-state index < -0.39 is 0 Å². The van der Waals surface area contributed by atoms with Crippen LogP contribution in [0.3, 0.4) is 0 Å². The third-order valence-electron chi connectivity index (χ3n) is 3.17. The molecule has 0 aromatic heterocycles. The van der Waals surface area contributed by atoms with Gasteiger partial charge in [-0.1, -0.05) is 12.1 Å². The van der Waals surface area contributed by atoms with Crippen LogP contribution in [0.5, 0.6) is 5.75 Å². The summed E-state index contributed by atoms with van der Waals surface area (Å²) >= 11 is 0. The Balaban J connectivity index is 1.77. The number of nitrogens with one attached hydrogen (secondary N) is 2. The molecule has 0 fully saturated rings. The van der Waals surface area contributed by atoms with Gasteiger partial charge in [0.2, 0.25) is 5.91 Å². The summed E-state index contributed by atoms with van der Waals surface area (Å²) in [5.74, 6) is 0.688. The summed E-state index contributed by atoms with van der Waals surface area (Å²) in [5.41, 5.74) is 2.78. The van der Waals surface area contributed by atoms with Gasteiger partial charge in [-0.3, -0.25) is 4.79 Å². The maximum Gasteiger partial charge on any atom is 0.243 e. The van der Waals surface area contributed by atoms with E-state index in [0.29, 0.717) is 13.2 Å². The molecule has 5 heteroatoms. The number of anilines is 2. The molecule has 23 heavy (non-hydrogen) atoms. The molecule has 0 spiro atoms. The first kappa shape index (κ1) is 16.8. The van der Waals surface area contributed by atoms with Gasteiger partial charge in [0.25, 0.3) is 0 Å². The minimum atomic E-state index is -0.0870. The summed E-state index contributed by atoms with van der Waals surface area (Å²) in [6, 6.07) is 15.2. The van der Waals surface area contributed by atoms with Gasteiger partial charge in [-0.05, 0) is 48.9 Å². The van der Waals surface area contributed by atoms with E-state index in [2.05, 4.69) is 10.6 Å². The van der Waals surface area contributed by atoms with Crippen LogP contribution >= 0.6 is 0 Å². The van der Waals surface area contributed by atoms with Crippen LogP contribution < -0.4 is 15.4 Å². The second-order valence-electron chi connectivity index (χ2n) is 5.14. The van der Waals surface area contributed by atoms with Gasteiger partial charge >= 0.3 is 0 Å². The van der Waals surface area contributed by atoms with Crippen molar-refractivity contribution in [1.82, 2.24) is 0 Å². The zero-order valence-corrected chi connectivity index (χ0v) is 13.5. The molecule has 2 rings (SSSR count). The molecule has 5 nitrogen and oxygen atoms in total. The van der Waals surface area contributed by atoms with E-state index in [4.69, 9.17) is 9.47 Å². The minimum Gasteiger partial charge on any atom is -0.491 e. The van der Waals surface area contributed by atoms with Crippen molar-refractivity contribution in [1.29, 1.82) is 0 Å². The normalized spacial score (nSPS) is 10.2. The number of ether oxygens (including phenoxy) is 2. The standard InChI is InChI=1S/C18H22N2O3/c1-14-4-3-5-16(12-14)20-18(21)13-19-15-6-8-17(9-7-15)23-11-10-22-2/h3-9,12,19H,10-11,13H2,1-2H3,(H,20,21). The highest BCUT2D eigenvalue weighted by Gasteiger charge is 2.03. The fraction of sp³-hybridized carbons (Fsp3) is 0.278. The van der Waals surface area contributed by atoms with Crippen LogP contribution in [0.15, 0.2) is 48.5 Å². The van der Waals surface area contributed by atoms with Gasteiger partial charge in [-0.2, -0.15) is 0 Å². The molecule has 0 bridgehead atoms. The number of benzene rings is 2. The van der Waals surface area contributed by atoms with Crippen molar-refractivity contribution in [3.8, 4) is 5.75 Å². The Morgan fingerprint density at radius 1 is 1.04 bits per heavy atom. The summed E-state index contributed by atoms with van der Waals surface area (Å²) in [4.78, 5) is 11.9. The summed E-state index contributed by atoms with van der Waals surface area (Å²) in [6.07, 6.45) is 0. The molecule has 0 atom stereocenters. The summed E-state index contributed by atoms with van der Waals surface area (Å²) in [7, 11) is 1.64. The lowest BCUT2D eigenvalue weighted by Crippen LogP contribution is -2.21. The van der Waals surface area contributed by atoms with Gasteiger partial charge in [-0.15, -0.1) is 0 Å². The Kier molecular flexibility index (Phi) is 6.44. The van der Waals surface area contributed by atoms with Crippen LogP contribution in [0.25, 0.3) is 0 Å². The Morgan fingerprint density at radius 3 is 2.52 bits per heavy atom. The average Bonchev–Trinajstić information content (AvgIpc) is 2.54. The van der Waals surface area contributed by atoms with E-state index >= 15 is 0 Å². The van der Waals surface area contributed by atoms with Gasteiger partial charge in [0, 0.05) is 18.5 Å². The quantitative estimate of drug-likeness (QED) is 0.735. The average molecular weight is 314 g/mol. The van der Waals surface area contributed by atoms with Crippen molar-refractivity contribution in [3.63, 3.8) is 0 Å². The molecular formula is C18H22N2O3. The van der Waals surface area contributed by atoms with Crippen LogP contribution in [-0.2, 0) is 9.53 Å². The molecule has 0 aliphatic heterocycles. The van der Waals surface area contributed by atoms with Gasteiger partial charge in [0.15, 0.2) is 0 Å². The van der Waals surface area contributed by atoms with Gasteiger partial charge < -0.3 is 20.1 Å². The molecule has 2 aromatic carbocycles. The molecule has 0 aliphatic carbocycles. The molecule has 0 saturated carbocycles. The second-order valence-corrected chi connectivity index (χ2v) is 5.14. The highest BCUT2D eigenvalue weighted by molar-refractivity contribution is 5.93. The third kappa shape index (κ3) is 6.00. The molecule has 0 heterocycles. The lowest BCUT2D eigenvalue weighted by molar-refractivity contribution is -0.114. The lowest BCUT2D eigenvalue weighted by Gasteiger charge is -2.09. The first-order chi connectivity index (χ1) is 11.2. The van der Waals surface area contributed by atoms with Gasteiger partial charge in [0.05, 0.1) is 13.2 Å². The fourth-order valence-corrected chi connectivity index (χ4v) is 2.02. The Bertz CT molecular complexity index is 626. The first-order valence-corrected chi connectivity index (χ1v) is 7.49. The summed E-state index contributed by atoms with van der Waals surface area (Å²) in [6.45, 7) is 3.27. The van der Waals surface area contributed by atoms with Crippen LogP contribution in [0.1, 0.15) is 5.56 Å². The van der Waals surface area contributed by atoms with E-state index in [9.17, 15) is 4.79 Å². The molecule has 0 radical (unpaired) electrons. The monoisotopic (exact) mass is 314 g/mol. The van der Waals surface area contributed by atoms with Crippen LogP contribution in [0, 0.1) is 6.92 Å². The van der Waals surface area contributed by atoms with Crippen molar-refractivity contribution < 1.29 is 14.3 Å². The number of carbonyl (C=O) groups is 1. The SMILES string of the molecule is COCCOc1ccc(NCC(=O)Nc2cccc(C)c2)cc1. The van der Waals surface area contributed by atoms with Crippen molar-refractivity contribution >= 4 is 17.3 Å². The molecular weight excluding hydrogens is 292 g/mol. The van der Waals surface area contributed by atoms with Crippen LogP contribution in [-0.4, -0.2) is 32.8 Å². The molecule has 0 saturated heterocycles. The van der Waals surface area contributed by atoms with Crippen molar-refractivity contribution in [2.24, 2.45) is 0 Å². The fourth-order valence-electron chi connectivity index (χ4n) is 2.02. The largest absolute Gasteiger partial charge is 0.491 e. The van der Waals surface area contributed by atoms with Crippen molar-refractivity contribution in [2.75, 3.05) is 37.5 Å². The first-order valence-electron chi connectivity index (χ1n) is 7.49. The number of carbonyl (C=O) groups excluding carboxylic acids is 1. The third-order valence-corrected chi connectivity index (χ3v) is 3.17. The smallest absolute Gasteiger partial charge is 0.243 e. The van der Waals surface area contributed by atoms with Gasteiger partial charge in [0.1, 0.15) is 12.4 Å². The Hall–Kier alpha value is -2.53. The summed E-state index contributed by atoms with van der Waals surface area (Å²) in [5, 5.41) is 5.94. The molecule has 2 N–H and O–H groups in total. The van der Waals surface area contributed by atoms with Crippen LogP contribution in [0.4, 0.5) is 11.4 Å². The number of rotatable bonds is 8. The number of amides is 1. The zero-order valence-electron chi connectivity index (χ0n) is 13.5. The molecule has 122 valence electrons. The Morgan fingerprint density at radius 2 is 1.83 bits per heavy atom. The highest BCUT2D eigenvalue weighted by atomic mass is 16.5. The molecule has 0 unspecified atom stereocenters. The molecule has 2 aromatic rings. The number of aryl methyl sites for hydroxylation is 1. The molecule has 1 amide bonds. The number of hydrogen-bond acceptors (Lipinski definition) is 4. The predicted molar refractivity (Wildman–Crippen MR) is 92.1 cm³/mol. The lowest BCUT2D eigenvalue weighted by atomic mass is 10.2. The van der Waals surface area contributed by atoms with Crippen molar-refractivity contribution in [2.45, 2.75) is 6.92 Å². The number of hydrogen-bond donors (Lipinski definition) is 2. The van der Waals surface area contributed by atoms with Gasteiger partial charge in [-0.25, -0.2) is 0 Å². The zero-order chi connectivity index (χ0) is 16.5. The van der Waals surface area contributed by atoms with E-state index in [-0.39, 0.29) is 12.5 Å². The maximum atomic E-state index is 11.9. The topological polar surface area (TPSA) is 59.6 Å². The van der Waals surface area contributed by atoms with E-state index in [1.165, 1.54) is 0 Å². The molecule has 0 aliphatic rings. The Labute approximate surface area is 136 Å². The minimum absolute atomic E-state index is 0.0870. The van der Waals surface area contributed by atoms with Crippen molar-refractivity contribution in [3.05, 3.63) is 54.1 Å². The predicted octanol–water partition coefficient (Wildman–Crippen LogP) is 3.07.